The minimum absolute atomic E-state index is 0.303. The number of nitrogens with one attached hydrogen (secondary N) is 1. The van der Waals surface area contributed by atoms with E-state index in [9.17, 15) is 0 Å². The first-order valence-corrected chi connectivity index (χ1v) is 6.07. The summed E-state index contributed by atoms with van der Waals surface area (Å²) in [7, 11) is 0. The molecular formula is C11H14Cl2N2. The second-order valence-corrected chi connectivity index (χ2v) is 4.99. The topological polar surface area (TPSA) is 24.9 Å². The van der Waals surface area contributed by atoms with Crippen molar-refractivity contribution in [1.82, 2.24) is 4.98 Å². The molecule has 1 N–H and O–H groups in total. The Morgan fingerprint density at radius 1 is 1.40 bits per heavy atom. The number of halogens is 2. The molecule has 2 unspecified atom stereocenters. The van der Waals surface area contributed by atoms with Crippen LogP contribution in [0.2, 0.25) is 5.02 Å². The third kappa shape index (κ3) is 2.99. The third-order valence-corrected chi connectivity index (χ3v) is 3.44. The fraction of sp³-hybridized carbons (Fsp3) is 0.545. The monoisotopic (exact) mass is 244 g/mol. The Bertz CT molecular complexity index is 330. The molecule has 2 nitrogen and oxygen atoms in total. The van der Waals surface area contributed by atoms with Crippen LogP contribution in [0.4, 0.5) is 5.69 Å². The fourth-order valence-corrected chi connectivity index (χ4v) is 2.52. The van der Waals surface area contributed by atoms with E-state index in [1.54, 1.807) is 12.4 Å². The number of hydrogen-bond acceptors (Lipinski definition) is 2. The summed E-state index contributed by atoms with van der Waals surface area (Å²) in [5.41, 5.74) is 0.961. The van der Waals surface area contributed by atoms with Crippen LogP contribution in [0, 0.1) is 0 Å². The highest BCUT2D eigenvalue weighted by Gasteiger charge is 2.20. The second kappa shape index (κ2) is 5.04. The van der Waals surface area contributed by atoms with Gasteiger partial charge >= 0.3 is 0 Å². The van der Waals surface area contributed by atoms with E-state index in [4.69, 9.17) is 23.2 Å². The first-order chi connectivity index (χ1) is 7.25. The summed E-state index contributed by atoms with van der Waals surface area (Å²) < 4.78 is 0. The number of pyridine rings is 1. The molecule has 0 aliphatic heterocycles. The molecule has 0 spiro atoms. The van der Waals surface area contributed by atoms with Gasteiger partial charge in [0.2, 0.25) is 0 Å². The van der Waals surface area contributed by atoms with Gasteiger partial charge < -0.3 is 5.32 Å². The van der Waals surface area contributed by atoms with Crippen LogP contribution in [0.1, 0.15) is 25.7 Å². The molecule has 15 heavy (non-hydrogen) atoms. The summed E-state index contributed by atoms with van der Waals surface area (Å²) in [6, 6.07) is 2.35. The Labute approximate surface area is 100.0 Å². The van der Waals surface area contributed by atoms with Crippen molar-refractivity contribution in [2.45, 2.75) is 37.1 Å². The highest BCUT2D eigenvalue weighted by Crippen LogP contribution is 2.27. The van der Waals surface area contributed by atoms with Crippen LogP contribution in [0.5, 0.6) is 0 Å². The van der Waals surface area contributed by atoms with Gasteiger partial charge in [0, 0.05) is 23.8 Å². The van der Waals surface area contributed by atoms with Crippen molar-refractivity contribution in [2.75, 3.05) is 5.32 Å². The molecule has 1 fully saturated rings. The van der Waals surface area contributed by atoms with Crippen LogP contribution >= 0.6 is 23.2 Å². The third-order valence-electron chi connectivity index (χ3n) is 2.74. The van der Waals surface area contributed by atoms with Crippen molar-refractivity contribution in [2.24, 2.45) is 0 Å². The Kier molecular flexibility index (Phi) is 3.71. The number of rotatable bonds is 2. The zero-order valence-electron chi connectivity index (χ0n) is 8.42. The molecule has 0 saturated heterocycles. The van der Waals surface area contributed by atoms with Crippen molar-refractivity contribution >= 4 is 28.9 Å². The van der Waals surface area contributed by atoms with Crippen molar-refractivity contribution in [3.05, 3.63) is 23.5 Å². The van der Waals surface area contributed by atoms with Gasteiger partial charge in [-0.15, -0.1) is 11.6 Å². The summed E-state index contributed by atoms with van der Waals surface area (Å²) in [5, 5.41) is 4.40. The molecule has 4 heteroatoms. The molecule has 0 radical (unpaired) electrons. The number of alkyl halides is 1. The molecule has 1 aromatic rings. The fourth-order valence-electron chi connectivity index (χ4n) is 1.97. The molecule has 1 heterocycles. The van der Waals surface area contributed by atoms with E-state index in [0.717, 1.165) is 18.5 Å². The maximum atomic E-state index is 6.13. The maximum absolute atomic E-state index is 6.13. The van der Waals surface area contributed by atoms with Crippen molar-refractivity contribution in [3.63, 3.8) is 0 Å². The molecule has 2 rings (SSSR count). The lowest BCUT2D eigenvalue weighted by atomic mass is 9.95. The predicted octanol–water partition coefficient (Wildman–Crippen LogP) is 3.70. The second-order valence-electron chi connectivity index (χ2n) is 3.96. The van der Waals surface area contributed by atoms with Gasteiger partial charge in [0.25, 0.3) is 0 Å². The van der Waals surface area contributed by atoms with Gasteiger partial charge in [-0.2, -0.15) is 0 Å². The molecule has 1 saturated carbocycles. The highest BCUT2D eigenvalue weighted by molar-refractivity contribution is 6.33. The lowest BCUT2D eigenvalue weighted by Crippen LogP contribution is -2.27. The minimum atomic E-state index is 0.303. The van der Waals surface area contributed by atoms with Gasteiger partial charge in [-0.05, 0) is 31.7 Å². The van der Waals surface area contributed by atoms with Gasteiger partial charge in [0.05, 0.1) is 10.7 Å². The Morgan fingerprint density at radius 2 is 2.27 bits per heavy atom. The van der Waals surface area contributed by atoms with Crippen molar-refractivity contribution in [1.29, 1.82) is 0 Å². The average Bonchev–Trinajstić information content (AvgIpc) is 2.22. The molecule has 1 aliphatic carbocycles. The van der Waals surface area contributed by atoms with Crippen molar-refractivity contribution in [3.8, 4) is 0 Å². The summed E-state index contributed by atoms with van der Waals surface area (Å²) in [6.07, 6.45) is 7.90. The van der Waals surface area contributed by atoms with E-state index in [1.165, 1.54) is 12.8 Å². The van der Waals surface area contributed by atoms with E-state index in [2.05, 4.69) is 10.3 Å². The largest absolute Gasteiger partial charge is 0.381 e. The summed E-state index contributed by atoms with van der Waals surface area (Å²) in [5.74, 6) is 0. The Balaban J connectivity index is 1.99. The van der Waals surface area contributed by atoms with E-state index in [-0.39, 0.29) is 0 Å². The van der Waals surface area contributed by atoms with Crippen LogP contribution in [0.3, 0.4) is 0 Å². The van der Waals surface area contributed by atoms with Gasteiger partial charge in [0.1, 0.15) is 0 Å². The first kappa shape index (κ1) is 11.0. The Hall–Kier alpha value is -0.470. The van der Waals surface area contributed by atoms with Crippen LogP contribution in [0.15, 0.2) is 18.5 Å². The number of nitrogens with zero attached hydrogens (tertiary/aromatic N) is 1. The molecule has 82 valence electrons. The van der Waals surface area contributed by atoms with E-state index < -0.39 is 0 Å². The normalized spacial score (nSPS) is 26.3. The van der Waals surface area contributed by atoms with E-state index in [1.807, 2.05) is 6.07 Å². The molecule has 1 aromatic heterocycles. The lowest BCUT2D eigenvalue weighted by molar-refractivity contribution is 0.469. The standard InChI is InChI=1S/C11H14Cl2N2/c12-8-2-1-3-9(6-8)15-11-4-5-14-7-10(11)13/h4-5,7-9H,1-3,6H2,(H,14,15). The Morgan fingerprint density at radius 3 is 3.00 bits per heavy atom. The van der Waals surface area contributed by atoms with Gasteiger partial charge in [0.15, 0.2) is 0 Å². The van der Waals surface area contributed by atoms with Gasteiger partial charge in [-0.3, -0.25) is 4.98 Å². The summed E-state index contributed by atoms with van der Waals surface area (Å²) >= 11 is 12.2. The average molecular weight is 245 g/mol. The smallest absolute Gasteiger partial charge is 0.0820 e. The predicted molar refractivity (Wildman–Crippen MR) is 64.8 cm³/mol. The van der Waals surface area contributed by atoms with E-state index in [0.29, 0.717) is 16.4 Å². The van der Waals surface area contributed by atoms with Crippen LogP contribution < -0.4 is 5.32 Å². The minimum Gasteiger partial charge on any atom is -0.381 e. The van der Waals surface area contributed by atoms with Crippen molar-refractivity contribution < 1.29 is 0 Å². The highest BCUT2D eigenvalue weighted by atomic mass is 35.5. The lowest BCUT2D eigenvalue weighted by Gasteiger charge is -2.27. The first-order valence-electron chi connectivity index (χ1n) is 5.26. The number of aromatic nitrogens is 1. The maximum Gasteiger partial charge on any atom is 0.0820 e. The zero-order valence-corrected chi connectivity index (χ0v) is 9.93. The van der Waals surface area contributed by atoms with Crippen LogP contribution in [-0.2, 0) is 0 Å². The number of hydrogen-bond donors (Lipinski definition) is 1. The van der Waals surface area contributed by atoms with Crippen LogP contribution in [0.25, 0.3) is 0 Å². The molecule has 0 bridgehead atoms. The molecule has 0 amide bonds. The number of anilines is 1. The van der Waals surface area contributed by atoms with Gasteiger partial charge in [-0.25, -0.2) is 0 Å². The molecular weight excluding hydrogens is 231 g/mol. The SMILES string of the molecule is Clc1cnccc1NC1CCCC(Cl)C1. The molecule has 1 aliphatic rings. The summed E-state index contributed by atoms with van der Waals surface area (Å²) in [4.78, 5) is 3.95. The molecule has 0 aromatic carbocycles. The molecule has 2 atom stereocenters. The van der Waals surface area contributed by atoms with Crippen LogP contribution in [-0.4, -0.2) is 16.4 Å². The zero-order chi connectivity index (χ0) is 10.7. The van der Waals surface area contributed by atoms with Gasteiger partial charge in [-0.1, -0.05) is 11.6 Å². The summed E-state index contributed by atoms with van der Waals surface area (Å²) in [6.45, 7) is 0. The van der Waals surface area contributed by atoms with E-state index >= 15 is 0 Å². The quantitative estimate of drug-likeness (QED) is 0.803.